The lowest BCUT2D eigenvalue weighted by molar-refractivity contribution is -0.117. The predicted octanol–water partition coefficient (Wildman–Crippen LogP) is 3.67. The average molecular weight is 408 g/mol. The van der Waals surface area contributed by atoms with E-state index in [0.29, 0.717) is 24.9 Å². The van der Waals surface area contributed by atoms with E-state index in [1.54, 1.807) is 16.9 Å². The maximum atomic E-state index is 11.9. The molecule has 2 atom stereocenters. The van der Waals surface area contributed by atoms with Crippen molar-refractivity contribution in [2.24, 2.45) is 11.8 Å². The minimum Gasteiger partial charge on any atom is -0.495 e. The minimum atomic E-state index is -0.441. The highest BCUT2D eigenvalue weighted by Gasteiger charge is 2.42. The molecule has 0 radical (unpaired) electrons. The number of likely N-dealkylation sites (tertiary alicyclic amines) is 2. The first-order chi connectivity index (χ1) is 13.6. The molecule has 2 aliphatic heterocycles. The van der Waals surface area contributed by atoms with E-state index < -0.39 is 5.60 Å². The lowest BCUT2D eigenvalue weighted by Crippen LogP contribution is -2.37. The summed E-state index contributed by atoms with van der Waals surface area (Å²) in [5.41, 5.74) is 1.62. The average Bonchev–Trinajstić information content (AvgIpc) is 3.23. The summed E-state index contributed by atoms with van der Waals surface area (Å²) < 4.78 is 10.4. The lowest BCUT2D eigenvalue weighted by atomic mass is 10.0. The van der Waals surface area contributed by atoms with Gasteiger partial charge in [0.2, 0.25) is 6.41 Å². The summed E-state index contributed by atoms with van der Waals surface area (Å²) in [6.45, 7) is 16.5. The van der Waals surface area contributed by atoms with E-state index in [4.69, 9.17) is 9.47 Å². The van der Waals surface area contributed by atoms with Crippen LogP contribution in [-0.2, 0) is 9.53 Å². The summed E-state index contributed by atoms with van der Waals surface area (Å²) in [7, 11) is 1.66. The van der Waals surface area contributed by atoms with E-state index in [-0.39, 0.29) is 6.09 Å². The molecule has 29 heavy (non-hydrogen) atoms. The second-order valence-electron chi connectivity index (χ2n) is 8.27. The van der Waals surface area contributed by atoms with E-state index in [0.717, 1.165) is 36.5 Å². The highest BCUT2D eigenvalue weighted by molar-refractivity contribution is 5.68. The topological polar surface area (TPSA) is 72.0 Å². The van der Waals surface area contributed by atoms with Crippen molar-refractivity contribution in [3.8, 4) is 5.75 Å². The van der Waals surface area contributed by atoms with Gasteiger partial charge in [0.25, 0.3) is 0 Å². The predicted molar refractivity (Wildman–Crippen MR) is 114 cm³/mol. The van der Waals surface area contributed by atoms with E-state index >= 15 is 0 Å². The van der Waals surface area contributed by atoms with Crippen LogP contribution >= 0.6 is 0 Å². The zero-order valence-corrected chi connectivity index (χ0v) is 19.2. The van der Waals surface area contributed by atoms with E-state index in [2.05, 4.69) is 4.98 Å². The van der Waals surface area contributed by atoms with Crippen molar-refractivity contribution in [2.75, 3.05) is 33.3 Å². The number of amides is 2. The van der Waals surface area contributed by atoms with Gasteiger partial charge in [-0.3, -0.25) is 9.78 Å². The van der Waals surface area contributed by atoms with Crippen molar-refractivity contribution in [3.63, 3.8) is 0 Å². The molecule has 0 spiro atoms. The molecule has 2 saturated heterocycles. The monoisotopic (exact) mass is 407 g/mol. The van der Waals surface area contributed by atoms with Crippen LogP contribution in [0.25, 0.3) is 0 Å². The zero-order valence-electron chi connectivity index (χ0n) is 19.2. The van der Waals surface area contributed by atoms with Crippen molar-refractivity contribution in [1.29, 1.82) is 0 Å². The molecule has 0 bridgehead atoms. The molecule has 2 aliphatic rings. The van der Waals surface area contributed by atoms with Gasteiger partial charge in [0.15, 0.2) is 0 Å². The van der Waals surface area contributed by atoms with Crippen molar-refractivity contribution < 1.29 is 19.1 Å². The zero-order chi connectivity index (χ0) is 22.2. The Morgan fingerprint density at radius 3 is 2.10 bits per heavy atom. The quantitative estimate of drug-likeness (QED) is 0.700. The number of pyridine rings is 1. The summed E-state index contributed by atoms with van der Waals surface area (Å²) in [6.07, 6.45) is 2.50. The van der Waals surface area contributed by atoms with Crippen molar-refractivity contribution >= 4 is 12.5 Å². The molecule has 7 nitrogen and oxygen atoms in total. The van der Waals surface area contributed by atoms with Gasteiger partial charge in [-0.2, -0.15) is 0 Å². The maximum Gasteiger partial charge on any atom is 0.410 e. The number of hydrogen-bond acceptors (Lipinski definition) is 5. The lowest BCUT2D eigenvalue weighted by Gasteiger charge is -2.25. The first-order valence-electron chi connectivity index (χ1n) is 10.3. The number of carbonyl (C=O) groups is 2. The number of ether oxygens (including phenoxy) is 2. The number of hydrogen-bond donors (Lipinski definition) is 0. The molecule has 7 heteroatoms. The SMILES string of the molecule is CC.CC(C)(C)OC(=O)N1CC2CN(C=O)CC2C1.COc1cc(C)cnc1C. The number of aromatic nitrogens is 1. The number of carbonyl (C=O) groups excluding carboxylic acids is 2. The Balaban J connectivity index is 0.000000299. The van der Waals surface area contributed by atoms with Crippen LogP contribution in [0.2, 0.25) is 0 Å². The third-order valence-electron chi connectivity index (χ3n) is 4.71. The third-order valence-corrected chi connectivity index (χ3v) is 4.71. The van der Waals surface area contributed by atoms with Crippen LogP contribution in [0, 0.1) is 25.7 Å². The molecule has 0 saturated carbocycles. The van der Waals surface area contributed by atoms with Crippen molar-refractivity contribution in [3.05, 3.63) is 23.5 Å². The van der Waals surface area contributed by atoms with Gasteiger partial charge < -0.3 is 19.3 Å². The molecule has 164 valence electrons. The fourth-order valence-electron chi connectivity index (χ4n) is 3.41. The van der Waals surface area contributed by atoms with Crippen LogP contribution in [0.3, 0.4) is 0 Å². The number of rotatable bonds is 2. The van der Waals surface area contributed by atoms with Gasteiger partial charge in [0, 0.05) is 44.2 Å². The molecule has 2 unspecified atom stereocenters. The van der Waals surface area contributed by atoms with Gasteiger partial charge in [-0.05, 0) is 46.2 Å². The summed E-state index contributed by atoms with van der Waals surface area (Å²) in [4.78, 5) is 30.2. The van der Waals surface area contributed by atoms with Crippen LogP contribution in [0.5, 0.6) is 5.75 Å². The van der Waals surface area contributed by atoms with Gasteiger partial charge in [-0.1, -0.05) is 13.8 Å². The molecule has 0 N–H and O–H groups in total. The van der Waals surface area contributed by atoms with Crippen LogP contribution < -0.4 is 4.74 Å². The molecular weight excluding hydrogens is 370 g/mol. The molecule has 1 aromatic heterocycles. The fourth-order valence-corrected chi connectivity index (χ4v) is 3.41. The standard InChI is InChI=1S/C12H20N2O3.C8H11NO.C2H6/c1-12(2,3)17-11(16)14-6-9-4-13(8-15)5-10(9)7-14;1-6-4-8(10-3)7(2)9-5-6;1-2/h8-10H,4-7H2,1-3H3;4-5H,1-3H3;1-2H3. The second kappa shape index (κ2) is 11.0. The highest BCUT2D eigenvalue weighted by Crippen LogP contribution is 2.31. The van der Waals surface area contributed by atoms with Crippen LogP contribution in [0.1, 0.15) is 45.9 Å². The molecule has 0 aromatic carbocycles. The Morgan fingerprint density at radius 2 is 1.69 bits per heavy atom. The molecule has 0 aliphatic carbocycles. The molecule has 3 rings (SSSR count). The summed E-state index contributed by atoms with van der Waals surface area (Å²) >= 11 is 0. The van der Waals surface area contributed by atoms with Gasteiger partial charge in [0.1, 0.15) is 11.4 Å². The van der Waals surface area contributed by atoms with Crippen LogP contribution in [-0.4, -0.2) is 66.2 Å². The first-order valence-corrected chi connectivity index (χ1v) is 10.3. The number of nitrogens with zero attached hydrogens (tertiary/aromatic N) is 3. The molecule has 2 amide bonds. The fraction of sp³-hybridized carbons (Fsp3) is 0.682. The van der Waals surface area contributed by atoms with Gasteiger partial charge in [-0.25, -0.2) is 4.79 Å². The Kier molecular flexibility index (Phi) is 9.40. The van der Waals surface area contributed by atoms with Gasteiger partial charge in [0.05, 0.1) is 12.8 Å². The largest absolute Gasteiger partial charge is 0.495 e. The number of methoxy groups -OCH3 is 1. The molecule has 1 aromatic rings. The second-order valence-corrected chi connectivity index (χ2v) is 8.27. The Morgan fingerprint density at radius 1 is 1.14 bits per heavy atom. The molecule has 2 fully saturated rings. The summed E-state index contributed by atoms with van der Waals surface area (Å²) in [6, 6.07) is 1.97. The maximum absolute atomic E-state index is 11.9. The Labute approximate surface area is 175 Å². The van der Waals surface area contributed by atoms with E-state index in [1.165, 1.54) is 0 Å². The summed E-state index contributed by atoms with van der Waals surface area (Å²) in [5.74, 6) is 1.71. The normalized spacial score (nSPS) is 20.0. The molecule has 3 heterocycles. The first kappa shape index (κ1) is 24.7. The van der Waals surface area contributed by atoms with E-state index in [9.17, 15) is 9.59 Å². The smallest absolute Gasteiger partial charge is 0.410 e. The Hall–Kier alpha value is -2.31. The molecular formula is C22H37N3O4. The third kappa shape index (κ3) is 7.55. The van der Waals surface area contributed by atoms with E-state index in [1.807, 2.05) is 60.7 Å². The van der Waals surface area contributed by atoms with Crippen molar-refractivity contribution in [2.45, 2.75) is 54.1 Å². The van der Waals surface area contributed by atoms with Gasteiger partial charge >= 0.3 is 6.09 Å². The minimum absolute atomic E-state index is 0.232. The van der Waals surface area contributed by atoms with Gasteiger partial charge in [-0.15, -0.1) is 0 Å². The van der Waals surface area contributed by atoms with Crippen LogP contribution in [0.4, 0.5) is 4.79 Å². The number of fused-ring (bicyclic) bond motifs is 1. The van der Waals surface area contributed by atoms with Crippen molar-refractivity contribution in [1.82, 2.24) is 14.8 Å². The number of aryl methyl sites for hydroxylation is 2. The Bertz CT molecular complexity index is 659. The summed E-state index contributed by atoms with van der Waals surface area (Å²) in [5, 5.41) is 0. The van der Waals surface area contributed by atoms with Crippen LogP contribution in [0.15, 0.2) is 12.3 Å². The highest BCUT2D eigenvalue weighted by atomic mass is 16.6.